The number of phenols is 1. The minimum absolute atomic E-state index is 0.0756. The van der Waals surface area contributed by atoms with Crippen LogP contribution >= 0.6 is 11.6 Å². The zero-order valence-corrected chi connectivity index (χ0v) is 16.3. The van der Waals surface area contributed by atoms with E-state index in [-0.39, 0.29) is 27.6 Å². The molecule has 0 saturated carbocycles. The Bertz CT molecular complexity index is 1220. The quantitative estimate of drug-likeness (QED) is 0.532. The Kier molecular flexibility index (Phi) is 5.73. The molecular weight excluding hydrogens is 414 g/mol. The van der Waals surface area contributed by atoms with E-state index in [1.165, 1.54) is 48.5 Å². The van der Waals surface area contributed by atoms with Gasteiger partial charge in [0.2, 0.25) is 0 Å². The number of amides is 1. The van der Waals surface area contributed by atoms with Crippen LogP contribution in [0.25, 0.3) is 0 Å². The third kappa shape index (κ3) is 4.85. The van der Waals surface area contributed by atoms with Gasteiger partial charge in [-0.3, -0.25) is 9.52 Å². The summed E-state index contributed by atoms with van der Waals surface area (Å²) < 4.78 is 27.6. The topological polar surface area (TPSA) is 119 Å². The highest BCUT2D eigenvalue weighted by Crippen LogP contribution is 2.28. The Morgan fingerprint density at radius 1 is 1.03 bits per heavy atom. The summed E-state index contributed by atoms with van der Waals surface area (Å²) in [6.45, 7) is 0. The maximum absolute atomic E-state index is 12.6. The molecular formula is C20H14ClN3O4S. The van der Waals surface area contributed by atoms with E-state index in [0.29, 0.717) is 10.6 Å². The van der Waals surface area contributed by atoms with Gasteiger partial charge in [0.25, 0.3) is 15.9 Å². The van der Waals surface area contributed by atoms with Crippen LogP contribution in [-0.2, 0) is 10.0 Å². The number of aromatic hydroxyl groups is 1. The molecule has 3 aromatic carbocycles. The highest BCUT2D eigenvalue weighted by molar-refractivity contribution is 7.92. The second kappa shape index (κ2) is 8.22. The molecule has 0 aliphatic rings. The van der Waals surface area contributed by atoms with Crippen molar-refractivity contribution in [1.29, 1.82) is 5.26 Å². The maximum Gasteiger partial charge on any atom is 0.261 e. The average Bonchev–Trinajstić information content (AvgIpc) is 2.69. The van der Waals surface area contributed by atoms with Crippen molar-refractivity contribution in [3.8, 4) is 11.8 Å². The Balaban J connectivity index is 1.85. The van der Waals surface area contributed by atoms with Crippen molar-refractivity contribution in [2.45, 2.75) is 4.90 Å². The molecule has 29 heavy (non-hydrogen) atoms. The Morgan fingerprint density at radius 2 is 1.76 bits per heavy atom. The van der Waals surface area contributed by atoms with Gasteiger partial charge in [-0.2, -0.15) is 5.26 Å². The van der Waals surface area contributed by atoms with Crippen molar-refractivity contribution in [1.82, 2.24) is 0 Å². The van der Waals surface area contributed by atoms with Gasteiger partial charge in [-0.1, -0.05) is 17.7 Å². The van der Waals surface area contributed by atoms with Gasteiger partial charge in [0.15, 0.2) is 0 Å². The van der Waals surface area contributed by atoms with Crippen LogP contribution in [0.4, 0.5) is 11.4 Å². The Labute approximate surface area is 172 Å². The SMILES string of the molecule is N#Cc1ccc(C(=O)Nc2cc(S(=O)(=O)Nc3cccc(Cl)c3)ccc2O)cc1. The first-order valence-electron chi connectivity index (χ1n) is 8.21. The van der Waals surface area contributed by atoms with Gasteiger partial charge in [-0.15, -0.1) is 0 Å². The molecule has 3 aromatic rings. The van der Waals surface area contributed by atoms with Crippen LogP contribution in [0.1, 0.15) is 15.9 Å². The molecule has 0 heterocycles. The number of nitrogens with zero attached hydrogens (tertiary/aromatic N) is 1. The number of nitriles is 1. The smallest absolute Gasteiger partial charge is 0.261 e. The van der Waals surface area contributed by atoms with Crippen molar-refractivity contribution >= 4 is 38.9 Å². The first-order chi connectivity index (χ1) is 13.8. The number of benzene rings is 3. The predicted octanol–water partition coefficient (Wildman–Crippen LogP) is 3.97. The van der Waals surface area contributed by atoms with E-state index in [9.17, 15) is 18.3 Å². The van der Waals surface area contributed by atoms with Crippen LogP contribution in [0, 0.1) is 11.3 Å². The number of sulfonamides is 1. The molecule has 0 bridgehead atoms. The highest BCUT2D eigenvalue weighted by Gasteiger charge is 2.18. The summed E-state index contributed by atoms with van der Waals surface area (Å²) in [7, 11) is -3.99. The molecule has 0 aliphatic carbocycles. The van der Waals surface area contributed by atoms with Gasteiger partial charge in [-0.05, 0) is 60.7 Å². The van der Waals surface area contributed by atoms with E-state index >= 15 is 0 Å². The van der Waals surface area contributed by atoms with Crippen molar-refractivity contribution < 1.29 is 18.3 Å². The number of phenolic OH excluding ortho intramolecular Hbond substituents is 1. The van der Waals surface area contributed by atoms with Gasteiger partial charge < -0.3 is 10.4 Å². The molecule has 3 rings (SSSR count). The van der Waals surface area contributed by atoms with Gasteiger partial charge >= 0.3 is 0 Å². The van der Waals surface area contributed by atoms with Crippen molar-refractivity contribution in [2.24, 2.45) is 0 Å². The zero-order valence-electron chi connectivity index (χ0n) is 14.8. The molecule has 1 amide bonds. The first kappa shape index (κ1) is 20.2. The maximum atomic E-state index is 12.6. The van der Waals surface area contributed by atoms with Crippen LogP contribution in [0.3, 0.4) is 0 Å². The monoisotopic (exact) mass is 427 g/mol. The normalized spacial score (nSPS) is 10.8. The summed E-state index contributed by atoms with van der Waals surface area (Å²) in [6.07, 6.45) is 0. The number of hydrogen-bond acceptors (Lipinski definition) is 5. The van der Waals surface area contributed by atoms with E-state index in [1.54, 1.807) is 12.1 Å². The number of carbonyl (C=O) groups excluding carboxylic acids is 1. The molecule has 146 valence electrons. The Morgan fingerprint density at radius 3 is 2.41 bits per heavy atom. The number of halogens is 1. The fraction of sp³-hybridized carbons (Fsp3) is 0. The van der Waals surface area contributed by atoms with Gasteiger partial charge in [-0.25, -0.2) is 8.42 Å². The third-order valence-corrected chi connectivity index (χ3v) is 5.49. The number of carbonyl (C=O) groups is 1. The zero-order chi connectivity index (χ0) is 21.0. The molecule has 7 nitrogen and oxygen atoms in total. The molecule has 0 fully saturated rings. The lowest BCUT2D eigenvalue weighted by Crippen LogP contribution is -2.15. The number of rotatable bonds is 5. The molecule has 0 spiro atoms. The second-order valence-corrected chi connectivity index (χ2v) is 8.06. The van der Waals surface area contributed by atoms with E-state index in [4.69, 9.17) is 16.9 Å². The molecule has 0 unspecified atom stereocenters. The lowest BCUT2D eigenvalue weighted by Gasteiger charge is -2.12. The summed E-state index contributed by atoms with van der Waals surface area (Å²) in [6, 6.07) is 17.5. The summed E-state index contributed by atoms with van der Waals surface area (Å²) in [4.78, 5) is 12.2. The summed E-state index contributed by atoms with van der Waals surface area (Å²) >= 11 is 5.87. The standard InChI is InChI=1S/C20H14ClN3O4S/c21-15-2-1-3-16(10-15)24-29(27,28)17-8-9-19(25)18(11-17)23-20(26)14-6-4-13(12-22)5-7-14/h1-11,24-25H,(H,23,26). The van der Waals surface area contributed by atoms with Crippen LogP contribution < -0.4 is 10.0 Å². The van der Waals surface area contributed by atoms with Gasteiger partial charge in [0.1, 0.15) is 5.75 Å². The van der Waals surface area contributed by atoms with E-state index in [0.717, 1.165) is 6.07 Å². The molecule has 0 aliphatic heterocycles. The van der Waals surface area contributed by atoms with Crippen LogP contribution in [0.2, 0.25) is 5.02 Å². The molecule has 0 atom stereocenters. The first-order valence-corrected chi connectivity index (χ1v) is 10.1. The fourth-order valence-electron chi connectivity index (χ4n) is 2.44. The van der Waals surface area contributed by atoms with Crippen molar-refractivity contribution in [2.75, 3.05) is 10.0 Å². The van der Waals surface area contributed by atoms with Crippen LogP contribution in [0.5, 0.6) is 5.75 Å². The predicted molar refractivity (Wildman–Crippen MR) is 109 cm³/mol. The van der Waals surface area contributed by atoms with E-state index in [2.05, 4.69) is 10.0 Å². The van der Waals surface area contributed by atoms with E-state index in [1.807, 2.05) is 6.07 Å². The fourth-order valence-corrected chi connectivity index (χ4v) is 3.70. The van der Waals surface area contributed by atoms with Crippen molar-refractivity contribution in [3.05, 3.63) is 82.9 Å². The van der Waals surface area contributed by atoms with Gasteiger partial charge in [0, 0.05) is 10.6 Å². The highest BCUT2D eigenvalue weighted by atomic mass is 35.5. The van der Waals surface area contributed by atoms with Crippen LogP contribution in [-0.4, -0.2) is 19.4 Å². The lowest BCUT2D eigenvalue weighted by molar-refractivity contribution is 0.102. The molecule has 3 N–H and O–H groups in total. The number of anilines is 2. The average molecular weight is 428 g/mol. The lowest BCUT2D eigenvalue weighted by atomic mass is 10.1. The van der Waals surface area contributed by atoms with E-state index < -0.39 is 15.9 Å². The number of nitrogens with one attached hydrogen (secondary N) is 2. The second-order valence-electron chi connectivity index (χ2n) is 5.94. The summed E-state index contributed by atoms with van der Waals surface area (Å²) in [5.74, 6) is -0.865. The minimum Gasteiger partial charge on any atom is -0.506 e. The molecule has 0 saturated heterocycles. The molecule has 0 aromatic heterocycles. The molecule has 9 heteroatoms. The minimum atomic E-state index is -3.99. The Hall–Kier alpha value is -3.54. The number of hydrogen-bond donors (Lipinski definition) is 3. The molecule has 0 radical (unpaired) electrons. The summed E-state index contributed by atoms with van der Waals surface area (Å²) in [5.41, 5.74) is 0.834. The largest absolute Gasteiger partial charge is 0.506 e. The van der Waals surface area contributed by atoms with Gasteiger partial charge in [0.05, 0.1) is 27.9 Å². The third-order valence-electron chi connectivity index (χ3n) is 3.88. The van der Waals surface area contributed by atoms with Crippen molar-refractivity contribution in [3.63, 3.8) is 0 Å². The summed E-state index contributed by atoms with van der Waals surface area (Å²) in [5, 5.41) is 21.7. The van der Waals surface area contributed by atoms with Crippen LogP contribution in [0.15, 0.2) is 71.6 Å².